The Hall–Kier alpha value is -1.36. The van der Waals surface area contributed by atoms with Crippen molar-refractivity contribution in [3.63, 3.8) is 0 Å². The molecular weight excluding hydrogens is 250 g/mol. The third-order valence-corrected chi connectivity index (χ3v) is 2.77. The van der Waals surface area contributed by atoms with Crippen molar-refractivity contribution in [2.75, 3.05) is 0 Å². The predicted octanol–water partition coefficient (Wildman–Crippen LogP) is 1.24. The van der Waals surface area contributed by atoms with Gasteiger partial charge in [0.15, 0.2) is 0 Å². The van der Waals surface area contributed by atoms with E-state index in [2.05, 4.69) is 4.98 Å². The zero-order valence-electron chi connectivity index (χ0n) is 10.0. The lowest BCUT2D eigenvalue weighted by Gasteiger charge is -2.19. The number of aliphatic hydroxyl groups excluding tert-OH is 1. The van der Waals surface area contributed by atoms with E-state index in [-0.39, 0.29) is 18.4 Å². The molecule has 0 fully saturated rings. The number of aromatic nitrogens is 2. The van der Waals surface area contributed by atoms with Gasteiger partial charge in [-0.25, -0.2) is 4.98 Å². The van der Waals surface area contributed by atoms with Crippen LogP contribution in [0.3, 0.4) is 0 Å². The fourth-order valence-corrected chi connectivity index (χ4v) is 1.77. The summed E-state index contributed by atoms with van der Waals surface area (Å²) in [5.74, 6) is 0. The first-order chi connectivity index (χ1) is 8.25. The SMILES string of the molecule is Cl.N[C@H](Cc1ccccc1)[C@@H](O)Cn1ccnc1. The van der Waals surface area contributed by atoms with Crippen LogP contribution in [0.2, 0.25) is 0 Å². The minimum absolute atomic E-state index is 0. The molecule has 0 saturated carbocycles. The molecule has 1 heterocycles. The van der Waals surface area contributed by atoms with E-state index < -0.39 is 6.10 Å². The molecule has 0 aliphatic rings. The Balaban J connectivity index is 0.00000162. The zero-order valence-corrected chi connectivity index (χ0v) is 10.8. The monoisotopic (exact) mass is 267 g/mol. The van der Waals surface area contributed by atoms with Crippen LogP contribution in [0.4, 0.5) is 0 Å². The first-order valence-electron chi connectivity index (χ1n) is 5.69. The number of nitrogens with zero attached hydrogens (tertiary/aromatic N) is 2. The summed E-state index contributed by atoms with van der Waals surface area (Å²) in [4.78, 5) is 3.93. The average Bonchev–Trinajstić information content (AvgIpc) is 2.83. The lowest BCUT2D eigenvalue weighted by atomic mass is 10.0. The van der Waals surface area contributed by atoms with Gasteiger partial charge in [0.2, 0.25) is 0 Å². The average molecular weight is 268 g/mol. The summed E-state index contributed by atoms with van der Waals surface area (Å²) in [5, 5.41) is 9.98. The van der Waals surface area contributed by atoms with E-state index >= 15 is 0 Å². The number of benzene rings is 1. The van der Waals surface area contributed by atoms with Crippen LogP contribution >= 0.6 is 12.4 Å². The molecule has 0 spiro atoms. The molecule has 1 aromatic carbocycles. The zero-order chi connectivity index (χ0) is 12.1. The molecular formula is C13H18ClN3O. The van der Waals surface area contributed by atoms with Crippen molar-refractivity contribution in [2.24, 2.45) is 5.73 Å². The van der Waals surface area contributed by atoms with Gasteiger partial charge in [-0.1, -0.05) is 30.3 Å². The lowest BCUT2D eigenvalue weighted by molar-refractivity contribution is 0.125. The Morgan fingerprint density at radius 3 is 2.61 bits per heavy atom. The third-order valence-electron chi connectivity index (χ3n) is 2.77. The van der Waals surface area contributed by atoms with Crippen LogP contribution in [-0.4, -0.2) is 26.8 Å². The quantitative estimate of drug-likeness (QED) is 0.857. The number of hydrogen-bond donors (Lipinski definition) is 2. The van der Waals surface area contributed by atoms with Crippen molar-refractivity contribution in [1.29, 1.82) is 0 Å². The molecule has 0 bridgehead atoms. The number of aliphatic hydroxyl groups is 1. The Morgan fingerprint density at radius 1 is 1.28 bits per heavy atom. The van der Waals surface area contributed by atoms with E-state index in [1.807, 2.05) is 41.1 Å². The molecule has 2 rings (SSSR count). The highest BCUT2D eigenvalue weighted by Gasteiger charge is 2.15. The maximum absolute atomic E-state index is 9.98. The second-order valence-electron chi connectivity index (χ2n) is 4.18. The van der Waals surface area contributed by atoms with Crippen LogP contribution in [0.1, 0.15) is 5.56 Å². The maximum Gasteiger partial charge on any atom is 0.0946 e. The largest absolute Gasteiger partial charge is 0.390 e. The highest BCUT2D eigenvalue weighted by atomic mass is 35.5. The number of halogens is 1. The number of nitrogens with two attached hydrogens (primary N) is 1. The van der Waals surface area contributed by atoms with Crippen molar-refractivity contribution in [3.05, 3.63) is 54.6 Å². The molecule has 0 radical (unpaired) electrons. The molecule has 98 valence electrons. The van der Waals surface area contributed by atoms with Crippen LogP contribution in [-0.2, 0) is 13.0 Å². The predicted molar refractivity (Wildman–Crippen MR) is 73.6 cm³/mol. The Bertz CT molecular complexity index is 433. The van der Waals surface area contributed by atoms with Crippen molar-refractivity contribution in [1.82, 2.24) is 9.55 Å². The number of rotatable bonds is 5. The highest BCUT2D eigenvalue weighted by Crippen LogP contribution is 2.06. The van der Waals surface area contributed by atoms with Gasteiger partial charge in [0.25, 0.3) is 0 Å². The highest BCUT2D eigenvalue weighted by molar-refractivity contribution is 5.85. The molecule has 5 heteroatoms. The standard InChI is InChI=1S/C13H17N3O.ClH/c14-12(8-11-4-2-1-3-5-11)13(17)9-16-7-6-15-10-16;/h1-7,10,12-13,17H,8-9,14H2;1H/t12-,13+;/m1./s1. The fraction of sp³-hybridized carbons (Fsp3) is 0.308. The smallest absolute Gasteiger partial charge is 0.0946 e. The van der Waals surface area contributed by atoms with E-state index in [0.29, 0.717) is 13.0 Å². The van der Waals surface area contributed by atoms with Gasteiger partial charge in [-0.05, 0) is 12.0 Å². The minimum atomic E-state index is -0.565. The Labute approximate surface area is 113 Å². The molecule has 0 saturated heterocycles. The maximum atomic E-state index is 9.98. The van der Waals surface area contributed by atoms with Gasteiger partial charge in [-0.15, -0.1) is 12.4 Å². The van der Waals surface area contributed by atoms with E-state index in [0.717, 1.165) is 5.56 Å². The molecule has 0 unspecified atom stereocenters. The van der Waals surface area contributed by atoms with Gasteiger partial charge in [-0.2, -0.15) is 0 Å². The van der Waals surface area contributed by atoms with E-state index in [1.165, 1.54) is 0 Å². The summed E-state index contributed by atoms with van der Waals surface area (Å²) in [6.07, 6.45) is 5.30. The van der Waals surface area contributed by atoms with Crippen molar-refractivity contribution in [2.45, 2.75) is 25.1 Å². The molecule has 4 nitrogen and oxygen atoms in total. The molecule has 2 atom stereocenters. The summed E-state index contributed by atoms with van der Waals surface area (Å²) in [6.45, 7) is 0.480. The fourth-order valence-electron chi connectivity index (χ4n) is 1.77. The van der Waals surface area contributed by atoms with E-state index in [1.54, 1.807) is 12.5 Å². The van der Waals surface area contributed by atoms with E-state index in [9.17, 15) is 5.11 Å². The van der Waals surface area contributed by atoms with Gasteiger partial charge in [0.1, 0.15) is 0 Å². The van der Waals surface area contributed by atoms with E-state index in [4.69, 9.17) is 5.73 Å². The number of hydrogen-bond acceptors (Lipinski definition) is 3. The lowest BCUT2D eigenvalue weighted by Crippen LogP contribution is -2.39. The van der Waals surface area contributed by atoms with Crippen molar-refractivity contribution >= 4 is 12.4 Å². The summed E-state index contributed by atoms with van der Waals surface area (Å²) in [7, 11) is 0. The van der Waals surface area contributed by atoms with Gasteiger partial charge in [-0.3, -0.25) is 0 Å². The summed E-state index contributed by atoms with van der Waals surface area (Å²) in [6, 6.07) is 9.69. The third kappa shape index (κ3) is 4.14. The van der Waals surface area contributed by atoms with Gasteiger partial charge >= 0.3 is 0 Å². The Morgan fingerprint density at radius 2 is 2.00 bits per heavy atom. The van der Waals surface area contributed by atoms with Crippen molar-refractivity contribution in [3.8, 4) is 0 Å². The van der Waals surface area contributed by atoms with Gasteiger partial charge < -0.3 is 15.4 Å². The molecule has 1 aromatic heterocycles. The second-order valence-corrected chi connectivity index (χ2v) is 4.18. The van der Waals surface area contributed by atoms with Crippen LogP contribution in [0.25, 0.3) is 0 Å². The molecule has 2 aromatic rings. The number of imidazole rings is 1. The normalized spacial score (nSPS) is 13.7. The Kier molecular flexibility index (Phi) is 5.85. The topological polar surface area (TPSA) is 64.1 Å². The second kappa shape index (κ2) is 7.16. The van der Waals surface area contributed by atoms with Crippen LogP contribution in [0.15, 0.2) is 49.1 Å². The summed E-state index contributed by atoms with van der Waals surface area (Å²) >= 11 is 0. The minimum Gasteiger partial charge on any atom is -0.390 e. The molecule has 0 aliphatic carbocycles. The van der Waals surface area contributed by atoms with Gasteiger partial charge in [0, 0.05) is 18.4 Å². The van der Waals surface area contributed by atoms with Crippen LogP contribution < -0.4 is 5.73 Å². The molecule has 0 amide bonds. The molecule has 3 N–H and O–H groups in total. The summed E-state index contributed by atoms with van der Waals surface area (Å²) in [5.41, 5.74) is 7.13. The first-order valence-corrected chi connectivity index (χ1v) is 5.69. The van der Waals surface area contributed by atoms with Gasteiger partial charge in [0.05, 0.1) is 19.0 Å². The molecule has 0 aliphatic heterocycles. The molecule has 18 heavy (non-hydrogen) atoms. The first kappa shape index (κ1) is 14.7. The van der Waals surface area contributed by atoms with Crippen molar-refractivity contribution < 1.29 is 5.11 Å². The van der Waals surface area contributed by atoms with Crippen LogP contribution in [0.5, 0.6) is 0 Å². The summed E-state index contributed by atoms with van der Waals surface area (Å²) < 4.78 is 1.83. The van der Waals surface area contributed by atoms with Crippen LogP contribution in [0, 0.1) is 0 Å².